The van der Waals surface area contributed by atoms with Gasteiger partial charge < -0.3 is 14.1 Å². The van der Waals surface area contributed by atoms with Gasteiger partial charge in [0.1, 0.15) is 5.69 Å². The predicted molar refractivity (Wildman–Crippen MR) is 76.8 cm³/mol. The van der Waals surface area contributed by atoms with Gasteiger partial charge in [-0.25, -0.2) is 0 Å². The van der Waals surface area contributed by atoms with Crippen LogP contribution in [0.3, 0.4) is 0 Å². The highest BCUT2D eigenvalue weighted by Gasteiger charge is 2.25. The third-order valence-corrected chi connectivity index (χ3v) is 3.89. The molecule has 0 aromatic carbocycles. The zero-order chi connectivity index (χ0) is 14.7. The van der Waals surface area contributed by atoms with Gasteiger partial charge in [0.2, 0.25) is 0 Å². The number of carbonyl (C=O) groups is 1. The highest BCUT2D eigenvalue weighted by atomic mass is 16.5. The molecule has 6 heteroatoms. The normalized spacial score (nSPS) is 16.3. The fraction of sp³-hybridized carbons (Fsp3) is 0.467. The number of amides is 1. The number of carbonyl (C=O) groups excluding carboxylic acids is 1. The van der Waals surface area contributed by atoms with E-state index in [-0.39, 0.29) is 5.91 Å². The van der Waals surface area contributed by atoms with E-state index in [0.29, 0.717) is 17.4 Å². The Kier molecular flexibility index (Phi) is 4.06. The number of H-pyrrole nitrogens is 1. The summed E-state index contributed by atoms with van der Waals surface area (Å²) in [5, 5.41) is 6.95. The Morgan fingerprint density at radius 3 is 3.00 bits per heavy atom. The summed E-state index contributed by atoms with van der Waals surface area (Å²) in [7, 11) is 1.72. The van der Waals surface area contributed by atoms with Crippen LogP contribution in [0.2, 0.25) is 0 Å². The lowest BCUT2D eigenvalue weighted by Gasteiger charge is -2.31. The van der Waals surface area contributed by atoms with Gasteiger partial charge in [0.25, 0.3) is 5.91 Å². The van der Waals surface area contributed by atoms with Gasteiger partial charge >= 0.3 is 0 Å². The van der Waals surface area contributed by atoms with Crippen molar-refractivity contribution >= 4 is 5.91 Å². The summed E-state index contributed by atoms with van der Waals surface area (Å²) in [5.41, 5.74) is 1.16. The van der Waals surface area contributed by atoms with Crippen LogP contribution in [0.25, 0.3) is 11.5 Å². The first-order chi connectivity index (χ1) is 10.3. The number of hydrogen-bond acceptors (Lipinski definition) is 4. The number of aromatic amines is 1. The summed E-state index contributed by atoms with van der Waals surface area (Å²) < 4.78 is 10.5. The number of likely N-dealkylation sites (tertiary alicyclic amines) is 1. The van der Waals surface area contributed by atoms with Crippen molar-refractivity contribution in [2.75, 3.05) is 26.8 Å². The number of furan rings is 1. The van der Waals surface area contributed by atoms with Crippen LogP contribution in [-0.4, -0.2) is 47.8 Å². The summed E-state index contributed by atoms with van der Waals surface area (Å²) >= 11 is 0. The lowest BCUT2D eigenvalue weighted by atomic mass is 9.97. The maximum Gasteiger partial charge on any atom is 0.274 e. The molecular weight excluding hydrogens is 270 g/mol. The molecule has 1 saturated heterocycles. The molecule has 0 atom stereocenters. The molecule has 3 heterocycles. The van der Waals surface area contributed by atoms with Crippen molar-refractivity contribution in [3.8, 4) is 11.5 Å². The van der Waals surface area contributed by atoms with Crippen molar-refractivity contribution in [3.05, 3.63) is 30.2 Å². The van der Waals surface area contributed by atoms with Gasteiger partial charge in [0.15, 0.2) is 11.5 Å². The van der Waals surface area contributed by atoms with E-state index in [4.69, 9.17) is 9.15 Å². The summed E-state index contributed by atoms with van der Waals surface area (Å²) in [5.74, 6) is 1.21. The van der Waals surface area contributed by atoms with Gasteiger partial charge in [-0.1, -0.05) is 0 Å². The van der Waals surface area contributed by atoms with Crippen LogP contribution in [-0.2, 0) is 4.74 Å². The van der Waals surface area contributed by atoms with Crippen molar-refractivity contribution < 1.29 is 13.9 Å². The van der Waals surface area contributed by atoms with E-state index in [1.54, 1.807) is 25.5 Å². The summed E-state index contributed by atoms with van der Waals surface area (Å²) in [4.78, 5) is 14.3. The Hall–Kier alpha value is -2.08. The van der Waals surface area contributed by atoms with Crippen LogP contribution in [0.5, 0.6) is 0 Å². The van der Waals surface area contributed by atoms with Gasteiger partial charge in [-0.05, 0) is 30.9 Å². The Labute approximate surface area is 123 Å². The number of rotatable bonds is 4. The minimum absolute atomic E-state index is 0.0278. The second-order valence-electron chi connectivity index (χ2n) is 5.34. The fourth-order valence-corrected chi connectivity index (χ4v) is 2.69. The van der Waals surface area contributed by atoms with Crippen LogP contribution >= 0.6 is 0 Å². The summed E-state index contributed by atoms with van der Waals surface area (Å²) in [6.45, 7) is 2.29. The van der Waals surface area contributed by atoms with Gasteiger partial charge in [0, 0.05) is 32.9 Å². The average molecular weight is 289 g/mol. The number of nitrogens with one attached hydrogen (secondary N) is 1. The zero-order valence-electron chi connectivity index (χ0n) is 12.0. The number of hydrogen-bond donors (Lipinski definition) is 1. The third kappa shape index (κ3) is 3.00. The molecule has 1 aliphatic heterocycles. The van der Waals surface area contributed by atoms with E-state index >= 15 is 0 Å². The molecule has 21 heavy (non-hydrogen) atoms. The Bertz CT molecular complexity index is 583. The van der Waals surface area contributed by atoms with Crippen LogP contribution < -0.4 is 0 Å². The maximum atomic E-state index is 12.4. The van der Waals surface area contributed by atoms with E-state index < -0.39 is 0 Å². The second kappa shape index (κ2) is 6.13. The number of ether oxygens (including phenoxy) is 1. The number of aromatic nitrogens is 2. The van der Waals surface area contributed by atoms with Crippen molar-refractivity contribution in [1.82, 2.24) is 15.1 Å². The number of methoxy groups -OCH3 is 1. The van der Waals surface area contributed by atoms with Crippen molar-refractivity contribution in [3.63, 3.8) is 0 Å². The summed E-state index contributed by atoms with van der Waals surface area (Å²) in [6.07, 6.45) is 3.56. The first kappa shape index (κ1) is 13.9. The Balaban J connectivity index is 1.64. The lowest BCUT2D eigenvalue weighted by molar-refractivity contribution is 0.0608. The molecule has 0 saturated carbocycles. The quantitative estimate of drug-likeness (QED) is 0.936. The van der Waals surface area contributed by atoms with Crippen LogP contribution in [0.1, 0.15) is 23.3 Å². The molecule has 0 bridgehead atoms. The standard InChI is InChI=1S/C15H19N3O3/c1-20-10-11-4-6-18(7-5-11)15(19)13-9-12(16-17-13)14-3-2-8-21-14/h2-3,8-9,11H,4-7,10H2,1H3,(H,16,17). The number of piperidine rings is 1. The molecule has 112 valence electrons. The first-order valence-electron chi connectivity index (χ1n) is 7.15. The lowest BCUT2D eigenvalue weighted by Crippen LogP contribution is -2.39. The van der Waals surface area contributed by atoms with E-state index in [2.05, 4.69) is 10.2 Å². The highest BCUT2D eigenvalue weighted by Crippen LogP contribution is 2.21. The van der Waals surface area contributed by atoms with Crippen LogP contribution in [0.15, 0.2) is 28.9 Å². The minimum Gasteiger partial charge on any atom is -0.463 e. The topological polar surface area (TPSA) is 71.4 Å². The monoisotopic (exact) mass is 289 g/mol. The Morgan fingerprint density at radius 2 is 2.33 bits per heavy atom. The molecule has 1 fully saturated rings. The molecule has 3 rings (SSSR count). The Morgan fingerprint density at radius 1 is 1.52 bits per heavy atom. The van der Waals surface area contributed by atoms with E-state index in [9.17, 15) is 4.79 Å². The third-order valence-electron chi connectivity index (χ3n) is 3.89. The number of nitrogens with zero attached hydrogens (tertiary/aromatic N) is 2. The molecular formula is C15H19N3O3. The highest BCUT2D eigenvalue weighted by molar-refractivity contribution is 5.93. The SMILES string of the molecule is COCC1CCN(C(=O)c2cc(-c3ccco3)[nH]n2)CC1. The van der Waals surface area contributed by atoms with E-state index in [0.717, 1.165) is 38.2 Å². The van der Waals surface area contributed by atoms with Crippen molar-refractivity contribution in [2.45, 2.75) is 12.8 Å². The molecule has 0 spiro atoms. The van der Waals surface area contributed by atoms with Gasteiger partial charge in [-0.3, -0.25) is 9.89 Å². The molecule has 0 radical (unpaired) electrons. The smallest absolute Gasteiger partial charge is 0.274 e. The average Bonchev–Trinajstić information content (AvgIpc) is 3.19. The first-order valence-corrected chi connectivity index (χ1v) is 7.15. The molecule has 1 aliphatic rings. The van der Waals surface area contributed by atoms with Crippen LogP contribution in [0.4, 0.5) is 0 Å². The van der Waals surface area contributed by atoms with E-state index in [1.165, 1.54) is 0 Å². The van der Waals surface area contributed by atoms with Gasteiger partial charge in [-0.15, -0.1) is 0 Å². The minimum atomic E-state index is -0.0278. The molecule has 6 nitrogen and oxygen atoms in total. The predicted octanol–water partition coefficient (Wildman–Crippen LogP) is 2.17. The molecule has 0 unspecified atom stereocenters. The zero-order valence-corrected chi connectivity index (χ0v) is 12.0. The van der Waals surface area contributed by atoms with E-state index in [1.807, 2.05) is 11.0 Å². The molecule has 1 N–H and O–H groups in total. The largest absolute Gasteiger partial charge is 0.463 e. The van der Waals surface area contributed by atoms with Crippen molar-refractivity contribution in [2.24, 2.45) is 5.92 Å². The van der Waals surface area contributed by atoms with Gasteiger partial charge in [-0.2, -0.15) is 5.10 Å². The molecule has 2 aromatic heterocycles. The second-order valence-corrected chi connectivity index (χ2v) is 5.34. The molecule has 0 aliphatic carbocycles. The molecule has 1 amide bonds. The van der Waals surface area contributed by atoms with Gasteiger partial charge in [0.05, 0.1) is 6.26 Å². The fourth-order valence-electron chi connectivity index (χ4n) is 2.69. The summed E-state index contributed by atoms with van der Waals surface area (Å²) in [6, 6.07) is 5.37. The molecule has 2 aromatic rings. The van der Waals surface area contributed by atoms with Crippen molar-refractivity contribution in [1.29, 1.82) is 0 Å². The van der Waals surface area contributed by atoms with Crippen LogP contribution in [0, 0.1) is 5.92 Å². The maximum absolute atomic E-state index is 12.4.